The van der Waals surface area contributed by atoms with Gasteiger partial charge in [-0.05, 0) is 5.92 Å². The molecule has 0 amide bonds. The topological polar surface area (TPSA) is 72.3 Å². The van der Waals surface area contributed by atoms with Crippen LogP contribution in [-0.2, 0) is 0 Å². The molecular formula is C5H10N2O. The van der Waals surface area contributed by atoms with E-state index in [1.54, 1.807) is 0 Å². The molecule has 0 aromatic rings. The lowest BCUT2D eigenvalue weighted by Gasteiger charge is -2.26. The van der Waals surface area contributed by atoms with Crippen molar-refractivity contribution in [2.75, 3.05) is 0 Å². The Balaban J connectivity index is 2.08. The molecule has 0 aromatic carbocycles. The molecule has 3 nitrogen and oxygen atoms in total. The molecule has 5 N–H and O–H groups in total. The summed E-state index contributed by atoms with van der Waals surface area (Å²) in [6, 6.07) is 0.190. The smallest absolute Gasteiger partial charge is 0.0741 e. The van der Waals surface area contributed by atoms with Gasteiger partial charge in [0.05, 0.1) is 6.10 Å². The fourth-order valence-electron chi connectivity index (χ4n) is 1.69. The van der Waals surface area contributed by atoms with Crippen molar-refractivity contribution in [3.05, 3.63) is 0 Å². The van der Waals surface area contributed by atoms with E-state index in [1.807, 2.05) is 0 Å². The van der Waals surface area contributed by atoms with E-state index in [0.29, 0.717) is 11.8 Å². The highest BCUT2D eigenvalue weighted by Gasteiger charge is 2.66. The SMILES string of the molecule is NC1C(O)C2C(N)C12. The molecule has 2 saturated carbocycles. The van der Waals surface area contributed by atoms with Crippen LogP contribution in [0.5, 0.6) is 0 Å². The molecular weight excluding hydrogens is 104 g/mol. The van der Waals surface area contributed by atoms with Gasteiger partial charge < -0.3 is 16.6 Å². The van der Waals surface area contributed by atoms with Gasteiger partial charge in [0, 0.05) is 18.0 Å². The monoisotopic (exact) mass is 114 g/mol. The molecule has 46 valence electrons. The molecule has 0 heterocycles. The van der Waals surface area contributed by atoms with Gasteiger partial charge in [-0.1, -0.05) is 0 Å². The Morgan fingerprint density at radius 3 is 1.75 bits per heavy atom. The van der Waals surface area contributed by atoms with E-state index in [0.717, 1.165) is 0 Å². The normalized spacial score (nSPS) is 68.6. The third kappa shape index (κ3) is 0.292. The molecule has 0 bridgehead atoms. The highest BCUT2D eigenvalue weighted by atomic mass is 16.3. The van der Waals surface area contributed by atoms with Crippen molar-refractivity contribution in [1.29, 1.82) is 0 Å². The maximum Gasteiger partial charge on any atom is 0.0741 e. The molecule has 5 atom stereocenters. The van der Waals surface area contributed by atoms with Crippen LogP contribution in [0, 0.1) is 11.8 Å². The summed E-state index contributed by atoms with van der Waals surface area (Å²) >= 11 is 0. The number of hydrogen-bond donors (Lipinski definition) is 3. The Hall–Kier alpha value is -0.120. The van der Waals surface area contributed by atoms with E-state index in [1.165, 1.54) is 0 Å². The van der Waals surface area contributed by atoms with Gasteiger partial charge in [0.25, 0.3) is 0 Å². The van der Waals surface area contributed by atoms with Crippen molar-refractivity contribution < 1.29 is 5.11 Å². The van der Waals surface area contributed by atoms with Crippen LogP contribution in [0.4, 0.5) is 0 Å². The van der Waals surface area contributed by atoms with Gasteiger partial charge in [-0.25, -0.2) is 0 Å². The fraction of sp³-hybridized carbons (Fsp3) is 1.00. The van der Waals surface area contributed by atoms with Gasteiger partial charge in [-0.2, -0.15) is 0 Å². The van der Waals surface area contributed by atoms with Gasteiger partial charge in [-0.3, -0.25) is 0 Å². The van der Waals surface area contributed by atoms with Crippen LogP contribution in [0.2, 0.25) is 0 Å². The van der Waals surface area contributed by atoms with Crippen molar-refractivity contribution in [1.82, 2.24) is 0 Å². The summed E-state index contributed by atoms with van der Waals surface area (Å²) in [7, 11) is 0. The van der Waals surface area contributed by atoms with Crippen LogP contribution in [0.15, 0.2) is 0 Å². The minimum Gasteiger partial charge on any atom is -0.391 e. The third-order valence-electron chi connectivity index (χ3n) is 2.43. The lowest BCUT2D eigenvalue weighted by atomic mass is 9.90. The fourth-order valence-corrected chi connectivity index (χ4v) is 1.69. The average molecular weight is 114 g/mol. The van der Waals surface area contributed by atoms with E-state index in [2.05, 4.69) is 0 Å². The van der Waals surface area contributed by atoms with E-state index in [-0.39, 0.29) is 18.2 Å². The minimum absolute atomic E-state index is 0.0185. The van der Waals surface area contributed by atoms with Crippen LogP contribution in [0.1, 0.15) is 0 Å². The van der Waals surface area contributed by atoms with Gasteiger partial charge in [0.15, 0.2) is 0 Å². The summed E-state index contributed by atoms with van der Waals surface area (Å²) in [5.41, 5.74) is 11.0. The van der Waals surface area contributed by atoms with Gasteiger partial charge >= 0.3 is 0 Å². The van der Waals surface area contributed by atoms with Gasteiger partial charge in [0.1, 0.15) is 0 Å². The number of fused-ring (bicyclic) bond motifs is 1. The minimum atomic E-state index is -0.296. The predicted octanol–water partition coefficient (Wildman–Crippen LogP) is -1.74. The van der Waals surface area contributed by atoms with Crippen LogP contribution in [0.25, 0.3) is 0 Å². The van der Waals surface area contributed by atoms with Crippen molar-refractivity contribution in [3.8, 4) is 0 Å². The molecule has 2 aliphatic carbocycles. The van der Waals surface area contributed by atoms with E-state index in [9.17, 15) is 0 Å². The number of rotatable bonds is 0. The summed E-state index contributed by atoms with van der Waals surface area (Å²) in [5.74, 6) is 0.801. The number of aliphatic hydroxyl groups excluding tert-OH is 1. The van der Waals surface area contributed by atoms with Crippen molar-refractivity contribution in [2.45, 2.75) is 18.2 Å². The number of hydrogen-bond acceptors (Lipinski definition) is 3. The second kappa shape index (κ2) is 1.07. The number of aliphatic hydroxyl groups is 1. The second-order valence-electron chi connectivity index (χ2n) is 2.80. The molecule has 0 aliphatic heterocycles. The standard InChI is InChI=1S/C5H10N2O/c6-3-1-2(3)5(8)4(1)7/h1-5,8H,6-7H2. The molecule has 3 heteroatoms. The number of nitrogens with two attached hydrogens (primary N) is 2. The highest BCUT2D eigenvalue weighted by molar-refractivity contribution is 5.21. The zero-order valence-electron chi connectivity index (χ0n) is 4.49. The third-order valence-corrected chi connectivity index (χ3v) is 2.43. The Morgan fingerprint density at radius 2 is 1.62 bits per heavy atom. The lowest BCUT2D eigenvalue weighted by molar-refractivity contribution is 0.0554. The summed E-state index contributed by atoms with van der Waals surface area (Å²) in [6.45, 7) is 0. The van der Waals surface area contributed by atoms with Crippen LogP contribution in [0.3, 0.4) is 0 Å². The molecule has 5 unspecified atom stereocenters. The molecule has 0 saturated heterocycles. The maximum atomic E-state index is 8.99. The second-order valence-corrected chi connectivity index (χ2v) is 2.80. The Labute approximate surface area is 47.7 Å². The maximum absolute atomic E-state index is 8.99. The summed E-state index contributed by atoms with van der Waals surface area (Å²) in [4.78, 5) is 0. The van der Waals surface area contributed by atoms with Crippen LogP contribution >= 0.6 is 0 Å². The molecule has 2 rings (SSSR count). The molecule has 0 radical (unpaired) electrons. The lowest BCUT2D eigenvalue weighted by Crippen LogP contribution is -2.47. The zero-order chi connectivity index (χ0) is 5.89. The van der Waals surface area contributed by atoms with Crippen molar-refractivity contribution >= 4 is 0 Å². The van der Waals surface area contributed by atoms with Gasteiger partial charge in [-0.15, -0.1) is 0 Å². The van der Waals surface area contributed by atoms with Crippen molar-refractivity contribution in [2.24, 2.45) is 23.3 Å². The largest absolute Gasteiger partial charge is 0.391 e. The summed E-state index contributed by atoms with van der Waals surface area (Å²) in [5, 5.41) is 8.99. The first kappa shape index (κ1) is 4.73. The first-order valence-corrected chi connectivity index (χ1v) is 2.92. The zero-order valence-corrected chi connectivity index (χ0v) is 4.49. The van der Waals surface area contributed by atoms with Gasteiger partial charge in [0.2, 0.25) is 0 Å². The Kier molecular flexibility index (Phi) is 0.635. The quantitative estimate of drug-likeness (QED) is 0.350. The molecule has 2 fully saturated rings. The average Bonchev–Trinajstić information content (AvgIpc) is 2.37. The van der Waals surface area contributed by atoms with Crippen LogP contribution < -0.4 is 11.5 Å². The highest BCUT2D eigenvalue weighted by Crippen LogP contribution is 2.53. The van der Waals surface area contributed by atoms with E-state index >= 15 is 0 Å². The summed E-state index contributed by atoms with van der Waals surface area (Å²) < 4.78 is 0. The van der Waals surface area contributed by atoms with Crippen LogP contribution in [-0.4, -0.2) is 23.3 Å². The Bertz CT molecular complexity index is 102. The molecule has 8 heavy (non-hydrogen) atoms. The molecule has 2 aliphatic rings. The summed E-state index contributed by atoms with van der Waals surface area (Å²) in [6.07, 6.45) is -0.296. The Morgan fingerprint density at radius 1 is 1.00 bits per heavy atom. The van der Waals surface area contributed by atoms with E-state index in [4.69, 9.17) is 16.6 Å². The first-order valence-electron chi connectivity index (χ1n) is 2.92. The molecule has 0 spiro atoms. The van der Waals surface area contributed by atoms with Crippen molar-refractivity contribution in [3.63, 3.8) is 0 Å². The first-order chi connectivity index (χ1) is 3.73. The van der Waals surface area contributed by atoms with E-state index < -0.39 is 0 Å². The molecule has 0 aromatic heterocycles. The predicted molar refractivity (Wildman–Crippen MR) is 28.9 cm³/mol.